The average molecular weight is 370 g/mol. The third-order valence-electron chi connectivity index (χ3n) is 4.09. The minimum Gasteiger partial charge on any atom is -0.504 e. The fourth-order valence-corrected chi connectivity index (χ4v) is 2.65. The van der Waals surface area contributed by atoms with Gasteiger partial charge in [0.05, 0.1) is 13.7 Å². The molecule has 0 unspecified atom stereocenters. The van der Waals surface area contributed by atoms with Gasteiger partial charge in [0.15, 0.2) is 11.5 Å². The zero-order valence-corrected chi connectivity index (χ0v) is 13.6. The fourth-order valence-electron chi connectivity index (χ4n) is 2.65. The molecule has 3 rings (SSSR count). The lowest BCUT2D eigenvalue weighted by atomic mass is 9.99. The molecular weight excluding hydrogens is 352 g/mol. The van der Waals surface area contributed by atoms with E-state index in [1.165, 1.54) is 25.3 Å². The first kappa shape index (κ1) is 18.4. The highest BCUT2D eigenvalue weighted by Crippen LogP contribution is 2.32. The van der Waals surface area contributed by atoms with Gasteiger partial charge in [-0.25, -0.2) is 4.79 Å². The van der Waals surface area contributed by atoms with Crippen LogP contribution < -0.4 is 15.1 Å². The molecule has 0 saturated carbocycles. The van der Waals surface area contributed by atoms with E-state index in [1.807, 2.05) is 0 Å². The molecule has 0 radical (unpaired) electrons. The van der Waals surface area contributed by atoms with E-state index in [9.17, 15) is 30.3 Å². The second kappa shape index (κ2) is 7.09. The van der Waals surface area contributed by atoms with Crippen molar-refractivity contribution in [2.24, 2.45) is 0 Å². The molecule has 1 saturated heterocycles. The summed E-state index contributed by atoms with van der Waals surface area (Å²) in [5.74, 6) is -0.412. The average Bonchev–Trinajstić information content (AvgIpc) is 2.62. The Balaban J connectivity index is 1.94. The molecule has 1 fully saturated rings. The van der Waals surface area contributed by atoms with Crippen LogP contribution in [0.5, 0.6) is 17.2 Å². The molecule has 26 heavy (non-hydrogen) atoms. The third kappa shape index (κ3) is 3.20. The number of ether oxygens (including phenoxy) is 3. The monoisotopic (exact) mass is 370 g/mol. The Labute approximate surface area is 146 Å². The molecule has 2 heterocycles. The Morgan fingerprint density at radius 3 is 2.42 bits per heavy atom. The van der Waals surface area contributed by atoms with Crippen LogP contribution in [0.15, 0.2) is 27.4 Å². The van der Waals surface area contributed by atoms with Gasteiger partial charge in [0, 0.05) is 11.5 Å². The maximum atomic E-state index is 12.1. The summed E-state index contributed by atoms with van der Waals surface area (Å²) in [7, 11) is 1.35. The van der Waals surface area contributed by atoms with Crippen LogP contribution in [0.2, 0.25) is 0 Å². The van der Waals surface area contributed by atoms with Crippen LogP contribution in [0.25, 0.3) is 11.0 Å². The summed E-state index contributed by atoms with van der Waals surface area (Å²) in [6, 6.07) is 3.89. The zero-order valence-electron chi connectivity index (χ0n) is 13.6. The van der Waals surface area contributed by atoms with Crippen LogP contribution in [0.1, 0.15) is 0 Å². The first-order chi connectivity index (χ1) is 12.3. The van der Waals surface area contributed by atoms with E-state index in [-0.39, 0.29) is 22.8 Å². The lowest BCUT2D eigenvalue weighted by molar-refractivity contribution is -0.277. The van der Waals surface area contributed by atoms with Gasteiger partial charge in [-0.2, -0.15) is 0 Å². The van der Waals surface area contributed by atoms with Crippen LogP contribution in [0.3, 0.4) is 0 Å². The number of aliphatic hydroxyl groups is 4. The molecule has 1 aromatic carbocycles. The van der Waals surface area contributed by atoms with Crippen molar-refractivity contribution in [1.29, 1.82) is 0 Å². The van der Waals surface area contributed by atoms with Crippen molar-refractivity contribution >= 4 is 11.0 Å². The highest BCUT2D eigenvalue weighted by molar-refractivity contribution is 5.81. The summed E-state index contributed by atoms with van der Waals surface area (Å²) in [4.78, 5) is 12.1. The summed E-state index contributed by atoms with van der Waals surface area (Å²) in [6.45, 7) is -0.631. The molecule has 1 aliphatic heterocycles. The normalized spacial score (nSPS) is 28.9. The van der Waals surface area contributed by atoms with Gasteiger partial charge in [-0.05, 0) is 12.1 Å². The van der Waals surface area contributed by atoms with E-state index in [1.54, 1.807) is 0 Å². The van der Waals surface area contributed by atoms with Gasteiger partial charge >= 0.3 is 5.63 Å². The van der Waals surface area contributed by atoms with Crippen LogP contribution in [-0.4, -0.2) is 70.0 Å². The molecular formula is C16H18O10. The van der Waals surface area contributed by atoms with Crippen molar-refractivity contribution in [3.63, 3.8) is 0 Å². The van der Waals surface area contributed by atoms with Gasteiger partial charge in [-0.15, -0.1) is 0 Å². The molecule has 1 aliphatic rings. The molecule has 1 aromatic heterocycles. The summed E-state index contributed by atoms with van der Waals surface area (Å²) in [6.07, 6.45) is -7.56. The Morgan fingerprint density at radius 2 is 1.77 bits per heavy atom. The van der Waals surface area contributed by atoms with Crippen molar-refractivity contribution in [3.8, 4) is 17.2 Å². The fraction of sp³-hybridized carbons (Fsp3) is 0.438. The van der Waals surface area contributed by atoms with Crippen LogP contribution in [0.4, 0.5) is 0 Å². The van der Waals surface area contributed by atoms with E-state index >= 15 is 0 Å². The maximum absolute atomic E-state index is 12.1. The number of hydrogen-bond donors (Lipinski definition) is 5. The summed E-state index contributed by atoms with van der Waals surface area (Å²) >= 11 is 0. The van der Waals surface area contributed by atoms with Crippen molar-refractivity contribution in [2.45, 2.75) is 30.7 Å². The number of methoxy groups -OCH3 is 1. The molecule has 2 aromatic rings. The maximum Gasteiger partial charge on any atom is 0.379 e. The first-order valence-corrected chi connectivity index (χ1v) is 7.67. The molecule has 5 N–H and O–H groups in total. The highest BCUT2D eigenvalue weighted by atomic mass is 16.7. The second-order valence-electron chi connectivity index (χ2n) is 5.78. The Hall–Kier alpha value is -2.37. The van der Waals surface area contributed by atoms with Gasteiger partial charge in [0.25, 0.3) is 0 Å². The molecule has 0 bridgehead atoms. The van der Waals surface area contributed by atoms with E-state index in [4.69, 9.17) is 18.6 Å². The molecule has 142 valence electrons. The van der Waals surface area contributed by atoms with Gasteiger partial charge in [0.1, 0.15) is 30.0 Å². The third-order valence-corrected chi connectivity index (χ3v) is 4.09. The van der Waals surface area contributed by atoms with Crippen LogP contribution >= 0.6 is 0 Å². The minimum absolute atomic E-state index is 0.0782. The largest absolute Gasteiger partial charge is 0.504 e. The van der Waals surface area contributed by atoms with Crippen molar-refractivity contribution < 1.29 is 44.2 Å². The number of phenolic OH excluding ortho intramolecular Hbond substituents is 1. The molecule has 0 aliphatic carbocycles. The Morgan fingerprint density at radius 1 is 1.08 bits per heavy atom. The van der Waals surface area contributed by atoms with Crippen molar-refractivity contribution in [2.75, 3.05) is 13.7 Å². The summed E-state index contributed by atoms with van der Waals surface area (Å²) < 4.78 is 20.5. The van der Waals surface area contributed by atoms with Gasteiger partial charge in [-0.3, -0.25) is 0 Å². The Kier molecular flexibility index (Phi) is 5.03. The van der Waals surface area contributed by atoms with E-state index in [2.05, 4.69) is 0 Å². The summed E-state index contributed by atoms with van der Waals surface area (Å²) in [5, 5.41) is 48.8. The van der Waals surface area contributed by atoms with Crippen LogP contribution in [-0.2, 0) is 4.74 Å². The van der Waals surface area contributed by atoms with Crippen molar-refractivity contribution in [1.82, 2.24) is 0 Å². The van der Waals surface area contributed by atoms with Gasteiger partial charge < -0.3 is 44.2 Å². The number of aromatic hydroxyl groups is 1. The quantitative estimate of drug-likeness (QED) is 0.409. The topological polar surface area (TPSA) is 159 Å². The number of hydrogen-bond acceptors (Lipinski definition) is 10. The minimum atomic E-state index is -1.67. The highest BCUT2D eigenvalue weighted by Gasteiger charge is 2.45. The number of aliphatic hydroxyl groups excluding tert-OH is 4. The van der Waals surface area contributed by atoms with E-state index in [0.29, 0.717) is 5.39 Å². The zero-order chi connectivity index (χ0) is 19.0. The van der Waals surface area contributed by atoms with Crippen molar-refractivity contribution in [3.05, 3.63) is 28.6 Å². The first-order valence-electron chi connectivity index (χ1n) is 7.67. The molecule has 5 atom stereocenters. The van der Waals surface area contributed by atoms with Gasteiger partial charge in [0.2, 0.25) is 12.0 Å². The lowest BCUT2D eigenvalue weighted by Crippen LogP contribution is -2.60. The smallest absolute Gasteiger partial charge is 0.379 e. The number of benzene rings is 1. The lowest BCUT2D eigenvalue weighted by Gasteiger charge is -2.39. The second-order valence-corrected chi connectivity index (χ2v) is 5.78. The number of fused-ring (bicyclic) bond motifs is 1. The molecule has 10 nitrogen and oxygen atoms in total. The van der Waals surface area contributed by atoms with E-state index < -0.39 is 42.9 Å². The molecule has 0 spiro atoms. The molecule has 0 amide bonds. The summed E-state index contributed by atoms with van der Waals surface area (Å²) in [5.41, 5.74) is -0.839. The predicted octanol–water partition coefficient (Wildman–Crippen LogP) is -1.31. The number of phenols is 1. The van der Waals surface area contributed by atoms with E-state index in [0.717, 1.165) is 0 Å². The predicted molar refractivity (Wildman–Crippen MR) is 85.1 cm³/mol. The standard InChI is InChI=1S/C16H18O10/c1-23-9-2-6-3-10(15(22)24-8(6)4-7(9)18)25-16-14(21)13(20)12(19)11(5-17)26-16/h2-4,11-14,16-21H,5H2,1H3/t11-,12-,13+,14-,16-/m1/s1. The van der Waals surface area contributed by atoms with Crippen LogP contribution in [0, 0.1) is 0 Å². The SMILES string of the molecule is COc1cc2cc(O[C@@H]3O[C@H](CO)[C@@H](O)[C@H](O)[C@H]3O)c(=O)oc2cc1O. The molecule has 10 heteroatoms. The number of rotatable bonds is 4. The van der Waals surface area contributed by atoms with Gasteiger partial charge in [-0.1, -0.05) is 0 Å². The Bertz CT molecular complexity index is 845.